The normalized spacial score (nSPS) is 15.0. The molecule has 0 spiro atoms. The van der Waals surface area contributed by atoms with Gasteiger partial charge in [0.25, 0.3) is 0 Å². The van der Waals surface area contributed by atoms with Gasteiger partial charge >= 0.3 is 0 Å². The van der Waals surface area contributed by atoms with E-state index >= 15 is 0 Å². The van der Waals surface area contributed by atoms with Crippen LogP contribution in [0, 0.1) is 5.92 Å². The zero-order valence-corrected chi connectivity index (χ0v) is 10.6. The molecule has 0 saturated heterocycles. The Hall–Kier alpha value is -0.911. The number of hydrogen-bond acceptors (Lipinski definition) is 0. The van der Waals surface area contributed by atoms with Gasteiger partial charge in [0.05, 0.1) is 0 Å². The Morgan fingerprint density at radius 1 is 0.714 bits per heavy atom. The molecule has 0 fully saturated rings. The van der Waals surface area contributed by atoms with Crippen LogP contribution < -0.4 is 0 Å². The quantitative estimate of drug-likeness (QED) is 0.575. The molecule has 1 heteroatoms. The Morgan fingerprint density at radius 3 is 1.79 bits per heavy atom. The van der Waals surface area contributed by atoms with Crippen LogP contribution in [0.5, 0.6) is 0 Å². The summed E-state index contributed by atoms with van der Waals surface area (Å²) in [5.74, 6) is 1.33. The zero-order chi connectivity index (χ0) is 10.1. The maximum absolute atomic E-state index is 3.00. The topological polar surface area (TPSA) is 0 Å². The van der Waals surface area contributed by atoms with Gasteiger partial charge in [-0.2, -0.15) is 0 Å². The average molecular weight is 363 g/mol. The second kappa shape index (κ2) is 10.2. The Bertz CT molecular complexity index is 254. The maximum atomic E-state index is 3.00. The summed E-state index contributed by atoms with van der Waals surface area (Å²) >= 11 is 0. The molecule has 0 aromatic heterocycles. The molecule has 0 N–H and O–H groups in total. The molecule has 0 amide bonds. The summed E-state index contributed by atoms with van der Waals surface area (Å²) in [6, 6.07) is 0. The van der Waals surface area contributed by atoms with Gasteiger partial charge in [-0.1, -0.05) is 42.5 Å². The van der Waals surface area contributed by atoms with Crippen LogP contribution >= 0.6 is 0 Å². The van der Waals surface area contributed by atoms with E-state index < -0.39 is 0 Å². The largest absolute Gasteiger partial charge is 0.106 e. The van der Waals surface area contributed by atoms with Gasteiger partial charge in [0.1, 0.15) is 0 Å². The fourth-order valence-electron chi connectivity index (χ4n) is 1.07. The van der Waals surface area contributed by atoms with Crippen LogP contribution in [-0.2, 0) is 20.1 Å². The number of fused-ring (bicyclic) bond motifs is 1. The number of allylic oxidation sites excluding steroid dienone is 8. The van der Waals surface area contributed by atoms with Crippen molar-refractivity contribution < 1.29 is 20.1 Å². The molecule has 0 nitrogen and oxygen atoms in total. The van der Waals surface area contributed by atoms with Gasteiger partial charge in [-0.25, -0.2) is 0 Å². The number of hydrogen-bond donors (Lipinski definition) is 0. The van der Waals surface area contributed by atoms with Crippen molar-refractivity contribution in [2.45, 2.75) is 0 Å². The molecule has 0 aromatic carbocycles. The third kappa shape index (κ3) is 4.36. The Balaban J connectivity index is 0. The van der Waals surface area contributed by atoms with Gasteiger partial charge in [0.15, 0.2) is 0 Å². The smallest absolute Gasteiger partial charge is 0.0485 e. The van der Waals surface area contributed by atoms with Gasteiger partial charge in [-0.3, -0.25) is 0 Å². The fraction of sp³-hybridized carbons (Fsp3) is 0. The molecule has 0 aliphatic heterocycles. The summed E-state index contributed by atoms with van der Waals surface area (Å²) in [6.45, 7) is 12.0. The Morgan fingerprint density at radius 2 is 1.21 bits per heavy atom. The van der Waals surface area contributed by atoms with E-state index in [-0.39, 0.29) is 20.1 Å². The molecule has 0 heterocycles. The first-order chi connectivity index (χ1) is 6.47. The van der Waals surface area contributed by atoms with E-state index in [9.17, 15) is 0 Å². The van der Waals surface area contributed by atoms with E-state index in [1.807, 2.05) is 0 Å². The van der Waals surface area contributed by atoms with Crippen molar-refractivity contribution in [1.82, 2.24) is 0 Å². The SMILES string of the molecule is C1=C[C]2C=CC=C2C=C1.C=C.C=C.[Ir]. The molecule has 0 aromatic rings. The van der Waals surface area contributed by atoms with Crippen molar-refractivity contribution in [2.75, 3.05) is 0 Å². The van der Waals surface area contributed by atoms with Gasteiger partial charge in [0.2, 0.25) is 0 Å². The van der Waals surface area contributed by atoms with E-state index in [4.69, 9.17) is 0 Å². The second-order valence-electron chi connectivity index (χ2n) is 2.15. The number of rotatable bonds is 0. The molecule has 0 unspecified atom stereocenters. The monoisotopic (exact) mass is 364 g/mol. The molecular weight excluding hydrogens is 348 g/mol. The minimum Gasteiger partial charge on any atom is -0.106 e. The van der Waals surface area contributed by atoms with E-state index in [2.05, 4.69) is 68.8 Å². The van der Waals surface area contributed by atoms with Gasteiger partial charge in [0, 0.05) is 26.0 Å². The first-order valence-electron chi connectivity index (χ1n) is 4.07. The molecule has 2 rings (SSSR count). The molecule has 2 aliphatic rings. The van der Waals surface area contributed by atoms with Gasteiger partial charge < -0.3 is 0 Å². The van der Waals surface area contributed by atoms with E-state index in [1.165, 1.54) is 11.5 Å². The third-order valence-corrected chi connectivity index (χ3v) is 1.55. The van der Waals surface area contributed by atoms with Crippen molar-refractivity contribution in [3.8, 4) is 0 Å². The molecule has 0 bridgehead atoms. The summed E-state index contributed by atoms with van der Waals surface area (Å²) in [5, 5.41) is 0. The standard InChI is InChI=1S/C9H7.2C2H4.Ir/c1-2-5-9-7-3-6-8(9)4-1;2*1-2;/h1-7H;2*1-2H2;. The van der Waals surface area contributed by atoms with E-state index in [0.717, 1.165) is 0 Å². The Kier molecular flexibility index (Phi) is 11.3. The molecule has 14 heavy (non-hydrogen) atoms. The van der Waals surface area contributed by atoms with Crippen molar-refractivity contribution in [3.63, 3.8) is 0 Å². The maximum Gasteiger partial charge on any atom is 0.0485 e. The predicted molar refractivity (Wildman–Crippen MR) is 61.3 cm³/mol. The summed E-state index contributed by atoms with van der Waals surface area (Å²) in [6.07, 6.45) is 14.7. The minimum atomic E-state index is 0. The van der Waals surface area contributed by atoms with Crippen LogP contribution in [0.15, 0.2) is 74.4 Å². The van der Waals surface area contributed by atoms with Crippen molar-refractivity contribution >= 4 is 0 Å². The van der Waals surface area contributed by atoms with Gasteiger partial charge in [-0.05, 0) is 5.57 Å². The first kappa shape index (κ1) is 15.6. The summed E-state index contributed by atoms with van der Waals surface area (Å²) < 4.78 is 0. The zero-order valence-electron chi connectivity index (χ0n) is 8.20. The molecular formula is C13H15Ir. The van der Waals surface area contributed by atoms with Crippen molar-refractivity contribution in [2.24, 2.45) is 0 Å². The summed E-state index contributed by atoms with van der Waals surface area (Å²) in [4.78, 5) is 0. The first-order valence-corrected chi connectivity index (χ1v) is 4.07. The van der Waals surface area contributed by atoms with Crippen LogP contribution in [0.2, 0.25) is 0 Å². The third-order valence-electron chi connectivity index (χ3n) is 1.55. The van der Waals surface area contributed by atoms with E-state index in [0.29, 0.717) is 0 Å². The molecule has 0 saturated carbocycles. The van der Waals surface area contributed by atoms with E-state index in [1.54, 1.807) is 0 Å². The fourth-order valence-corrected chi connectivity index (χ4v) is 1.07. The molecule has 2 aliphatic carbocycles. The second-order valence-corrected chi connectivity index (χ2v) is 2.15. The van der Waals surface area contributed by atoms with Crippen molar-refractivity contribution in [3.05, 3.63) is 80.3 Å². The molecule has 2 radical (unpaired) electrons. The van der Waals surface area contributed by atoms with Crippen LogP contribution in [0.25, 0.3) is 0 Å². The summed E-state index contributed by atoms with van der Waals surface area (Å²) in [7, 11) is 0. The summed E-state index contributed by atoms with van der Waals surface area (Å²) in [5.41, 5.74) is 1.33. The van der Waals surface area contributed by atoms with Crippen LogP contribution in [0.1, 0.15) is 0 Å². The molecule has 0 atom stereocenters. The molecule has 76 valence electrons. The predicted octanol–water partition coefficient (Wildman–Crippen LogP) is 3.78. The average Bonchev–Trinajstić information content (AvgIpc) is 2.71. The van der Waals surface area contributed by atoms with Gasteiger partial charge in [-0.15, -0.1) is 26.3 Å². The Labute approximate surface area is 100 Å². The minimum absolute atomic E-state index is 0. The van der Waals surface area contributed by atoms with Crippen LogP contribution in [0.3, 0.4) is 0 Å². The van der Waals surface area contributed by atoms with Crippen molar-refractivity contribution in [1.29, 1.82) is 0 Å². The van der Waals surface area contributed by atoms with Crippen LogP contribution in [-0.4, -0.2) is 0 Å². The van der Waals surface area contributed by atoms with Crippen LogP contribution in [0.4, 0.5) is 0 Å².